The summed E-state index contributed by atoms with van der Waals surface area (Å²) in [6, 6.07) is 18.7. The average molecular weight is 455 g/mol. The molecule has 0 fully saturated rings. The number of nitrogens with zero attached hydrogens (tertiary/aromatic N) is 1. The zero-order chi connectivity index (χ0) is 23.1. The zero-order valence-corrected chi connectivity index (χ0v) is 18.0. The van der Waals surface area contributed by atoms with Gasteiger partial charge < -0.3 is 10.1 Å². The van der Waals surface area contributed by atoms with Crippen molar-refractivity contribution in [3.8, 4) is 5.75 Å². The summed E-state index contributed by atoms with van der Waals surface area (Å²) in [5.74, 6) is 0.377. The van der Waals surface area contributed by atoms with E-state index < -0.39 is 14.9 Å². The van der Waals surface area contributed by atoms with E-state index in [0.29, 0.717) is 30.0 Å². The molecule has 0 saturated heterocycles. The fourth-order valence-corrected chi connectivity index (χ4v) is 3.89. The number of hydrogen-bond donors (Lipinski definition) is 2. The van der Waals surface area contributed by atoms with Gasteiger partial charge in [-0.15, -0.1) is 0 Å². The van der Waals surface area contributed by atoms with E-state index in [-0.39, 0.29) is 22.2 Å². The van der Waals surface area contributed by atoms with E-state index in [0.717, 1.165) is 6.07 Å². The number of benzene rings is 3. The number of para-hydroxylation sites is 1. The highest BCUT2D eigenvalue weighted by Gasteiger charge is 2.20. The number of amides is 1. The summed E-state index contributed by atoms with van der Waals surface area (Å²) < 4.78 is 33.0. The van der Waals surface area contributed by atoms with Crippen molar-refractivity contribution in [2.75, 3.05) is 17.9 Å². The molecule has 0 radical (unpaired) electrons. The van der Waals surface area contributed by atoms with Gasteiger partial charge in [-0.1, -0.05) is 24.3 Å². The highest BCUT2D eigenvalue weighted by Crippen LogP contribution is 2.24. The summed E-state index contributed by atoms with van der Waals surface area (Å²) in [6.07, 6.45) is 0. The second-order valence-electron chi connectivity index (χ2n) is 6.81. The van der Waals surface area contributed by atoms with E-state index in [2.05, 4.69) is 10.0 Å². The molecule has 0 heterocycles. The quantitative estimate of drug-likeness (QED) is 0.289. The van der Waals surface area contributed by atoms with Crippen LogP contribution in [0.4, 0.5) is 11.4 Å². The van der Waals surface area contributed by atoms with Crippen LogP contribution in [0.5, 0.6) is 5.75 Å². The Balaban J connectivity index is 1.58. The monoisotopic (exact) mass is 455 g/mol. The Hall–Kier alpha value is -3.92. The minimum atomic E-state index is -4.03. The first-order chi connectivity index (χ1) is 15.3. The molecular weight excluding hydrogens is 434 g/mol. The summed E-state index contributed by atoms with van der Waals surface area (Å²) in [6.45, 7) is 2.13. The molecule has 3 aromatic carbocycles. The molecule has 0 aliphatic carbocycles. The van der Waals surface area contributed by atoms with Crippen LogP contribution in [-0.4, -0.2) is 32.4 Å². The van der Waals surface area contributed by atoms with Gasteiger partial charge in [-0.05, 0) is 49.4 Å². The van der Waals surface area contributed by atoms with Crippen molar-refractivity contribution >= 4 is 27.3 Å². The SMILES string of the molecule is Cc1ccc(S(=O)(=O)Nc2ccc(C(=O)NCCOc3ccccc3)cc2)cc1[N+](=O)[O-]. The summed E-state index contributed by atoms with van der Waals surface area (Å²) in [4.78, 5) is 22.5. The number of aryl methyl sites for hydroxylation is 1. The number of ether oxygens (including phenoxy) is 1. The van der Waals surface area contributed by atoms with Crippen molar-refractivity contribution in [2.45, 2.75) is 11.8 Å². The van der Waals surface area contributed by atoms with Crippen LogP contribution in [0.2, 0.25) is 0 Å². The minimum absolute atomic E-state index is 0.220. The lowest BCUT2D eigenvalue weighted by atomic mass is 10.2. The Kier molecular flexibility index (Phi) is 7.06. The molecule has 0 spiro atoms. The van der Waals surface area contributed by atoms with Gasteiger partial charge in [-0.25, -0.2) is 8.42 Å². The molecule has 0 aromatic heterocycles. The molecule has 9 nitrogen and oxygen atoms in total. The van der Waals surface area contributed by atoms with Gasteiger partial charge in [0.25, 0.3) is 21.6 Å². The third-order valence-corrected chi connectivity index (χ3v) is 5.87. The van der Waals surface area contributed by atoms with Crippen molar-refractivity contribution < 1.29 is 22.9 Å². The molecule has 0 aliphatic heterocycles. The molecule has 0 aliphatic rings. The van der Waals surface area contributed by atoms with Crippen molar-refractivity contribution in [1.29, 1.82) is 0 Å². The maximum atomic E-state index is 12.6. The first kappa shape index (κ1) is 22.8. The first-order valence-corrected chi connectivity index (χ1v) is 11.1. The maximum absolute atomic E-state index is 12.6. The van der Waals surface area contributed by atoms with Crippen LogP contribution in [0.3, 0.4) is 0 Å². The maximum Gasteiger partial charge on any atom is 0.273 e. The number of nitro groups is 1. The van der Waals surface area contributed by atoms with Gasteiger partial charge in [0.1, 0.15) is 12.4 Å². The predicted octanol–water partition coefficient (Wildman–Crippen LogP) is 3.51. The fraction of sp³-hybridized carbons (Fsp3) is 0.136. The Morgan fingerprint density at radius 3 is 2.38 bits per heavy atom. The molecule has 0 bridgehead atoms. The lowest BCUT2D eigenvalue weighted by Crippen LogP contribution is -2.28. The van der Waals surface area contributed by atoms with Gasteiger partial charge in [0.05, 0.1) is 16.4 Å². The molecule has 166 valence electrons. The van der Waals surface area contributed by atoms with Gasteiger partial charge in [0, 0.05) is 22.9 Å². The predicted molar refractivity (Wildman–Crippen MR) is 119 cm³/mol. The topological polar surface area (TPSA) is 128 Å². The standard InChI is InChI=1S/C22H21N3O6S/c1-16-7-12-20(15-21(16)25(27)28)32(29,30)24-18-10-8-17(9-11-18)22(26)23-13-14-31-19-5-3-2-4-6-19/h2-12,15,24H,13-14H2,1H3,(H,23,26). The highest BCUT2D eigenvalue weighted by atomic mass is 32.2. The summed E-state index contributed by atoms with van der Waals surface area (Å²) in [5.41, 5.74) is 0.644. The van der Waals surface area contributed by atoms with E-state index in [4.69, 9.17) is 4.74 Å². The number of nitrogens with one attached hydrogen (secondary N) is 2. The first-order valence-electron chi connectivity index (χ1n) is 9.60. The molecule has 0 atom stereocenters. The Morgan fingerprint density at radius 1 is 1.03 bits per heavy atom. The van der Waals surface area contributed by atoms with Gasteiger partial charge >= 0.3 is 0 Å². The number of carbonyl (C=O) groups excluding carboxylic acids is 1. The van der Waals surface area contributed by atoms with Gasteiger partial charge in [0.15, 0.2) is 0 Å². The van der Waals surface area contributed by atoms with E-state index >= 15 is 0 Å². The second-order valence-corrected chi connectivity index (χ2v) is 8.49. The molecule has 0 unspecified atom stereocenters. The van der Waals surface area contributed by atoms with Crippen molar-refractivity contribution in [1.82, 2.24) is 5.32 Å². The lowest BCUT2D eigenvalue weighted by Gasteiger charge is -2.10. The summed E-state index contributed by atoms with van der Waals surface area (Å²) in [7, 11) is -4.03. The van der Waals surface area contributed by atoms with Crippen LogP contribution in [-0.2, 0) is 10.0 Å². The number of hydrogen-bond acceptors (Lipinski definition) is 6. The largest absolute Gasteiger partial charge is 0.492 e. The van der Waals surface area contributed by atoms with Gasteiger partial charge in [-0.3, -0.25) is 19.6 Å². The van der Waals surface area contributed by atoms with E-state index in [9.17, 15) is 23.3 Å². The lowest BCUT2D eigenvalue weighted by molar-refractivity contribution is -0.385. The summed E-state index contributed by atoms with van der Waals surface area (Å²) >= 11 is 0. The third kappa shape index (κ3) is 5.82. The Labute approximate surface area is 185 Å². The molecule has 3 aromatic rings. The van der Waals surface area contributed by atoms with Crippen LogP contribution in [0.1, 0.15) is 15.9 Å². The van der Waals surface area contributed by atoms with Crippen molar-refractivity contribution in [3.05, 3.63) is 94.0 Å². The van der Waals surface area contributed by atoms with Crippen LogP contribution in [0.25, 0.3) is 0 Å². The van der Waals surface area contributed by atoms with Crippen LogP contribution in [0, 0.1) is 17.0 Å². The smallest absolute Gasteiger partial charge is 0.273 e. The normalized spacial score (nSPS) is 10.9. The fourth-order valence-electron chi connectivity index (χ4n) is 2.81. The Bertz CT molecular complexity index is 1210. The number of nitro benzene ring substituents is 1. The molecule has 0 saturated carbocycles. The van der Waals surface area contributed by atoms with Crippen LogP contribution in [0.15, 0.2) is 77.7 Å². The zero-order valence-electron chi connectivity index (χ0n) is 17.1. The number of carbonyl (C=O) groups is 1. The minimum Gasteiger partial charge on any atom is -0.492 e. The van der Waals surface area contributed by atoms with Gasteiger partial charge in [-0.2, -0.15) is 0 Å². The van der Waals surface area contributed by atoms with Crippen LogP contribution >= 0.6 is 0 Å². The second kappa shape index (κ2) is 9.92. The molecule has 10 heteroatoms. The number of rotatable bonds is 9. The average Bonchev–Trinajstić information content (AvgIpc) is 2.77. The van der Waals surface area contributed by atoms with Gasteiger partial charge in [0.2, 0.25) is 0 Å². The molecule has 3 rings (SSSR count). The highest BCUT2D eigenvalue weighted by molar-refractivity contribution is 7.92. The third-order valence-electron chi connectivity index (χ3n) is 4.49. The van der Waals surface area contributed by atoms with E-state index in [1.54, 1.807) is 0 Å². The molecule has 32 heavy (non-hydrogen) atoms. The summed E-state index contributed by atoms with van der Waals surface area (Å²) in [5, 5.41) is 13.8. The number of anilines is 1. The molecule has 1 amide bonds. The van der Waals surface area contributed by atoms with Crippen molar-refractivity contribution in [3.63, 3.8) is 0 Å². The molecule has 2 N–H and O–H groups in total. The van der Waals surface area contributed by atoms with Crippen molar-refractivity contribution in [2.24, 2.45) is 0 Å². The number of sulfonamides is 1. The Morgan fingerprint density at radius 2 is 1.72 bits per heavy atom. The van der Waals surface area contributed by atoms with E-state index in [1.807, 2.05) is 30.3 Å². The van der Waals surface area contributed by atoms with Crippen LogP contribution < -0.4 is 14.8 Å². The molecular formula is C22H21N3O6S. The van der Waals surface area contributed by atoms with E-state index in [1.165, 1.54) is 43.3 Å².